The summed E-state index contributed by atoms with van der Waals surface area (Å²) in [5.41, 5.74) is 0.227. The fraction of sp³-hybridized carbons (Fsp3) is 0.182. The third kappa shape index (κ3) is 3.94. The molecule has 1 aromatic rings. The standard InChI is InChI=1S/C11H11Cl2NO4S/c1-6(2)5-14-19(17,18)9-4-7(12)3-8(10(9)13)11(15)16/h3-4,14H,1,5H2,2H3,(H,15,16). The Bertz CT molecular complexity index is 640. The summed E-state index contributed by atoms with van der Waals surface area (Å²) >= 11 is 11.5. The van der Waals surface area contributed by atoms with Crippen LogP contribution in [0.2, 0.25) is 10.0 Å². The molecule has 0 fully saturated rings. The second kappa shape index (κ2) is 5.92. The van der Waals surface area contributed by atoms with Gasteiger partial charge in [-0.3, -0.25) is 0 Å². The van der Waals surface area contributed by atoms with Crippen molar-refractivity contribution in [3.8, 4) is 0 Å². The van der Waals surface area contributed by atoms with Gasteiger partial charge in [0.2, 0.25) is 10.0 Å². The third-order valence-electron chi connectivity index (χ3n) is 2.09. The number of nitrogens with one attached hydrogen (secondary N) is 1. The van der Waals surface area contributed by atoms with Crippen LogP contribution in [0.15, 0.2) is 29.2 Å². The van der Waals surface area contributed by atoms with E-state index in [-0.39, 0.29) is 27.0 Å². The minimum Gasteiger partial charge on any atom is -0.478 e. The summed E-state index contributed by atoms with van der Waals surface area (Å²) in [6.07, 6.45) is 0. The highest BCUT2D eigenvalue weighted by molar-refractivity contribution is 7.89. The van der Waals surface area contributed by atoms with Gasteiger partial charge in [-0.05, 0) is 19.1 Å². The van der Waals surface area contributed by atoms with Crippen molar-refractivity contribution in [2.24, 2.45) is 0 Å². The lowest BCUT2D eigenvalue weighted by Crippen LogP contribution is -2.26. The number of halogens is 2. The molecule has 0 atom stereocenters. The van der Waals surface area contributed by atoms with E-state index in [1.54, 1.807) is 6.92 Å². The van der Waals surface area contributed by atoms with E-state index in [1.807, 2.05) is 0 Å². The van der Waals surface area contributed by atoms with E-state index in [4.69, 9.17) is 28.3 Å². The molecule has 0 amide bonds. The van der Waals surface area contributed by atoms with Crippen LogP contribution < -0.4 is 4.72 Å². The fourth-order valence-electron chi connectivity index (χ4n) is 1.21. The van der Waals surface area contributed by atoms with Crippen LogP contribution in [0.1, 0.15) is 17.3 Å². The molecule has 0 aliphatic heterocycles. The van der Waals surface area contributed by atoms with Crippen LogP contribution in [0, 0.1) is 0 Å². The van der Waals surface area contributed by atoms with Crippen molar-refractivity contribution in [2.45, 2.75) is 11.8 Å². The Labute approximate surface area is 120 Å². The van der Waals surface area contributed by atoms with Crippen LogP contribution >= 0.6 is 23.2 Å². The highest BCUT2D eigenvalue weighted by atomic mass is 35.5. The van der Waals surface area contributed by atoms with Gasteiger partial charge in [-0.15, -0.1) is 0 Å². The lowest BCUT2D eigenvalue weighted by atomic mass is 10.2. The van der Waals surface area contributed by atoms with Crippen LogP contribution in [0.25, 0.3) is 0 Å². The van der Waals surface area contributed by atoms with E-state index in [2.05, 4.69) is 11.3 Å². The molecule has 19 heavy (non-hydrogen) atoms. The molecule has 0 radical (unpaired) electrons. The Morgan fingerprint density at radius 2 is 2.00 bits per heavy atom. The molecule has 8 heteroatoms. The minimum atomic E-state index is -3.96. The Morgan fingerprint density at radius 3 is 2.47 bits per heavy atom. The molecule has 1 rings (SSSR count). The summed E-state index contributed by atoms with van der Waals surface area (Å²) in [5, 5.41) is 8.51. The van der Waals surface area contributed by atoms with Gasteiger partial charge >= 0.3 is 5.97 Å². The first-order chi connectivity index (χ1) is 8.65. The fourth-order valence-corrected chi connectivity index (χ4v) is 3.21. The van der Waals surface area contributed by atoms with Crippen LogP contribution in [0.5, 0.6) is 0 Å². The maximum atomic E-state index is 12.0. The second-order valence-corrected chi connectivity index (χ2v) is 6.40. The predicted octanol–water partition coefficient (Wildman–Crippen LogP) is 2.55. The smallest absolute Gasteiger partial charge is 0.337 e. The zero-order chi connectivity index (χ0) is 14.8. The number of rotatable bonds is 5. The van der Waals surface area contributed by atoms with Crippen LogP contribution in [0.3, 0.4) is 0 Å². The zero-order valence-corrected chi connectivity index (χ0v) is 12.2. The van der Waals surface area contributed by atoms with Crippen molar-refractivity contribution in [1.82, 2.24) is 4.72 Å². The normalized spacial score (nSPS) is 11.3. The zero-order valence-electron chi connectivity index (χ0n) is 9.91. The first kappa shape index (κ1) is 16.0. The van der Waals surface area contributed by atoms with Crippen molar-refractivity contribution in [3.05, 3.63) is 39.9 Å². The highest BCUT2D eigenvalue weighted by Gasteiger charge is 2.23. The van der Waals surface area contributed by atoms with Crippen molar-refractivity contribution < 1.29 is 18.3 Å². The molecular formula is C11H11Cl2NO4S. The van der Waals surface area contributed by atoms with E-state index in [0.29, 0.717) is 5.57 Å². The molecule has 0 saturated carbocycles. The molecular weight excluding hydrogens is 313 g/mol. The average Bonchev–Trinajstić information content (AvgIpc) is 2.28. The lowest BCUT2D eigenvalue weighted by molar-refractivity contribution is 0.0697. The summed E-state index contributed by atoms with van der Waals surface area (Å²) in [4.78, 5) is 10.6. The Kier molecular flexibility index (Phi) is 4.98. The Balaban J connectivity index is 3.34. The number of carboxylic acid groups (broad SMARTS) is 1. The van der Waals surface area contributed by atoms with Crippen LogP contribution in [-0.4, -0.2) is 26.0 Å². The molecule has 0 aliphatic carbocycles. The average molecular weight is 324 g/mol. The maximum Gasteiger partial charge on any atom is 0.337 e. The summed E-state index contributed by atoms with van der Waals surface area (Å²) < 4.78 is 26.2. The van der Waals surface area contributed by atoms with Gasteiger partial charge in [0.25, 0.3) is 0 Å². The molecule has 0 aliphatic rings. The Morgan fingerprint density at radius 1 is 1.42 bits per heavy atom. The van der Waals surface area contributed by atoms with Gasteiger partial charge in [0.05, 0.1) is 10.6 Å². The quantitative estimate of drug-likeness (QED) is 0.815. The Hall–Kier alpha value is -1.08. The minimum absolute atomic E-state index is 0.0214. The lowest BCUT2D eigenvalue weighted by Gasteiger charge is -2.10. The van der Waals surface area contributed by atoms with E-state index in [9.17, 15) is 13.2 Å². The van der Waals surface area contributed by atoms with Crippen LogP contribution in [-0.2, 0) is 10.0 Å². The molecule has 5 nitrogen and oxygen atoms in total. The van der Waals surface area contributed by atoms with Gasteiger partial charge in [-0.2, -0.15) is 0 Å². The predicted molar refractivity (Wildman–Crippen MR) is 73.4 cm³/mol. The van der Waals surface area contributed by atoms with Crippen molar-refractivity contribution in [2.75, 3.05) is 6.54 Å². The van der Waals surface area contributed by atoms with Crippen molar-refractivity contribution in [3.63, 3.8) is 0 Å². The van der Waals surface area contributed by atoms with Gasteiger partial charge in [0.1, 0.15) is 4.90 Å². The number of carboxylic acids is 1. The first-order valence-electron chi connectivity index (χ1n) is 5.01. The van der Waals surface area contributed by atoms with Gasteiger partial charge in [0, 0.05) is 11.6 Å². The van der Waals surface area contributed by atoms with Gasteiger partial charge in [0.15, 0.2) is 0 Å². The third-order valence-corrected chi connectivity index (χ3v) is 4.25. The van der Waals surface area contributed by atoms with Crippen molar-refractivity contribution in [1.29, 1.82) is 0 Å². The largest absolute Gasteiger partial charge is 0.478 e. The first-order valence-corrected chi connectivity index (χ1v) is 7.25. The van der Waals surface area contributed by atoms with E-state index in [0.717, 1.165) is 12.1 Å². The molecule has 0 bridgehead atoms. The summed E-state index contributed by atoms with van der Waals surface area (Å²) in [5.74, 6) is -1.36. The van der Waals surface area contributed by atoms with E-state index in [1.165, 1.54) is 0 Å². The maximum absolute atomic E-state index is 12.0. The van der Waals surface area contributed by atoms with E-state index < -0.39 is 16.0 Å². The van der Waals surface area contributed by atoms with Gasteiger partial charge in [-0.25, -0.2) is 17.9 Å². The number of aromatic carboxylic acids is 1. The molecule has 0 unspecified atom stereocenters. The topological polar surface area (TPSA) is 83.5 Å². The van der Waals surface area contributed by atoms with E-state index >= 15 is 0 Å². The molecule has 104 valence electrons. The molecule has 0 spiro atoms. The molecule has 0 aromatic heterocycles. The number of hydrogen-bond acceptors (Lipinski definition) is 3. The summed E-state index contributed by atoms with van der Waals surface area (Å²) in [6.45, 7) is 5.22. The number of hydrogen-bond donors (Lipinski definition) is 2. The number of sulfonamides is 1. The van der Waals surface area contributed by atoms with Gasteiger partial charge < -0.3 is 5.11 Å². The van der Waals surface area contributed by atoms with Gasteiger partial charge in [-0.1, -0.05) is 35.4 Å². The number of benzene rings is 1. The summed E-state index contributed by atoms with van der Waals surface area (Å²) in [7, 11) is -3.96. The molecule has 1 aromatic carbocycles. The second-order valence-electron chi connectivity index (χ2n) is 3.85. The van der Waals surface area contributed by atoms with Crippen molar-refractivity contribution >= 4 is 39.2 Å². The monoisotopic (exact) mass is 323 g/mol. The molecule has 0 heterocycles. The van der Waals surface area contributed by atoms with Crippen LogP contribution in [0.4, 0.5) is 0 Å². The highest BCUT2D eigenvalue weighted by Crippen LogP contribution is 2.29. The molecule has 2 N–H and O–H groups in total. The molecule has 0 saturated heterocycles. The summed E-state index contributed by atoms with van der Waals surface area (Å²) in [6, 6.07) is 2.18. The SMILES string of the molecule is C=C(C)CNS(=O)(=O)c1cc(Cl)cc(C(=O)O)c1Cl. The number of carbonyl (C=O) groups is 1.